The molecule has 0 aliphatic rings. The maximum atomic E-state index is 12.8. The molecule has 1 amide bonds. The summed E-state index contributed by atoms with van der Waals surface area (Å²) in [7, 11) is 1.33. The van der Waals surface area contributed by atoms with Crippen LogP contribution in [-0.2, 0) is 16.1 Å². The zero-order chi connectivity index (χ0) is 24.1. The number of benzene rings is 2. The highest BCUT2D eigenvalue weighted by Crippen LogP contribution is 2.36. The van der Waals surface area contributed by atoms with Gasteiger partial charge in [0.05, 0.1) is 12.9 Å². The lowest BCUT2D eigenvalue weighted by atomic mass is 10.0. The van der Waals surface area contributed by atoms with Gasteiger partial charge in [-0.3, -0.25) is 4.79 Å². The predicted octanol–water partition coefficient (Wildman–Crippen LogP) is 5.52. The molecule has 0 fully saturated rings. The topological polar surface area (TPSA) is 86.1 Å². The normalized spacial score (nSPS) is 10.8. The number of thiophene rings is 1. The zero-order valence-corrected chi connectivity index (χ0v) is 20.7. The zero-order valence-electron chi connectivity index (χ0n) is 19.1. The van der Waals surface area contributed by atoms with Gasteiger partial charge in [-0.2, -0.15) is 0 Å². The SMILES string of the molecule is CCn1c(SCC(=O)Nc2scc(-c3ccccc3)c2C(=O)OC)nnc1-c1cccc(C)c1. The molecular formula is C25H24N4O3S2. The number of rotatable bonds is 8. The van der Waals surface area contributed by atoms with Crippen molar-refractivity contribution in [2.75, 3.05) is 18.2 Å². The number of carbonyl (C=O) groups is 2. The third kappa shape index (κ3) is 5.05. The Hall–Kier alpha value is -3.43. The monoisotopic (exact) mass is 492 g/mol. The number of nitrogens with zero attached hydrogens (tertiary/aromatic N) is 3. The van der Waals surface area contributed by atoms with Gasteiger partial charge < -0.3 is 14.6 Å². The lowest BCUT2D eigenvalue weighted by Gasteiger charge is -2.09. The molecule has 0 spiro atoms. The van der Waals surface area contributed by atoms with Gasteiger partial charge in [0, 0.05) is 23.1 Å². The third-order valence-electron chi connectivity index (χ3n) is 5.16. The van der Waals surface area contributed by atoms with Gasteiger partial charge in [-0.05, 0) is 25.5 Å². The number of methoxy groups -OCH3 is 1. The van der Waals surface area contributed by atoms with E-state index in [1.165, 1.54) is 30.2 Å². The number of carbonyl (C=O) groups excluding carboxylic acids is 2. The first-order valence-electron chi connectivity index (χ1n) is 10.7. The lowest BCUT2D eigenvalue weighted by Crippen LogP contribution is -2.16. The van der Waals surface area contributed by atoms with Gasteiger partial charge in [0.1, 0.15) is 10.6 Å². The van der Waals surface area contributed by atoms with Crippen LogP contribution in [0.5, 0.6) is 0 Å². The highest BCUT2D eigenvalue weighted by atomic mass is 32.2. The minimum absolute atomic E-state index is 0.130. The van der Waals surface area contributed by atoms with Gasteiger partial charge in [-0.1, -0.05) is 65.9 Å². The van der Waals surface area contributed by atoms with Crippen LogP contribution in [0.1, 0.15) is 22.8 Å². The Bertz CT molecular complexity index is 1310. The Balaban J connectivity index is 1.50. The average Bonchev–Trinajstić information content (AvgIpc) is 3.46. The number of anilines is 1. The number of esters is 1. The second-order valence-electron chi connectivity index (χ2n) is 7.47. The number of aromatic nitrogens is 3. The van der Waals surface area contributed by atoms with Gasteiger partial charge in [0.25, 0.3) is 0 Å². The quantitative estimate of drug-likeness (QED) is 0.257. The molecule has 1 N–H and O–H groups in total. The highest BCUT2D eigenvalue weighted by molar-refractivity contribution is 7.99. The van der Waals surface area contributed by atoms with Crippen molar-refractivity contribution in [2.24, 2.45) is 0 Å². The van der Waals surface area contributed by atoms with Crippen LogP contribution < -0.4 is 5.32 Å². The summed E-state index contributed by atoms with van der Waals surface area (Å²) in [5.41, 5.74) is 4.10. The molecule has 0 unspecified atom stereocenters. The second kappa shape index (κ2) is 10.7. The molecule has 174 valence electrons. The maximum Gasteiger partial charge on any atom is 0.341 e. The molecule has 0 aliphatic carbocycles. The van der Waals surface area contributed by atoms with Crippen LogP contribution >= 0.6 is 23.1 Å². The van der Waals surface area contributed by atoms with Crippen LogP contribution in [0.4, 0.5) is 5.00 Å². The van der Waals surface area contributed by atoms with E-state index >= 15 is 0 Å². The fraction of sp³-hybridized carbons (Fsp3) is 0.200. The molecule has 4 rings (SSSR count). The van der Waals surface area contributed by atoms with Gasteiger partial charge in [-0.25, -0.2) is 4.79 Å². The van der Waals surface area contributed by atoms with Crippen LogP contribution in [-0.4, -0.2) is 39.5 Å². The van der Waals surface area contributed by atoms with Crippen LogP contribution in [0, 0.1) is 6.92 Å². The number of hydrogen-bond acceptors (Lipinski definition) is 7. The van der Waals surface area contributed by atoms with E-state index in [1.807, 2.05) is 72.3 Å². The van der Waals surface area contributed by atoms with Crippen molar-refractivity contribution < 1.29 is 14.3 Å². The molecule has 2 aromatic carbocycles. The van der Waals surface area contributed by atoms with E-state index in [2.05, 4.69) is 21.6 Å². The molecule has 0 saturated heterocycles. The van der Waals surface area contributed by atoms with Crippen molar-refractivity contribution in [2.45, 2.75) is 25.5 Å². The number of amides is 1. The predicted molar refractivity (Wildman–Crippen MR) is 136 cm³/mol. The number of thioether (sulfide) groups is 1. The fourth-order valence-electron chi connectivity index (χ4n) is 3.56. The van der Waals surface area contributed by atoms with Gasteiger partial charge in [0.2, 0.25) is 5.91 Å². The molecule has 0 radical (unpaired) electrons. The Labute approximate surface area is 206 Å². The van der Waals surface area contributed by atoms with E-state index in [1.54, 1.807) is 0 Å². The van der Waals surface area contributed by atoms with Gasteiger partial charge >= 0.3 is 5.97 Å². The summed E-state index contributed by atoms with van der Waals surface area (Å²) in [6, 6.07) is 17.6. The summed E-state index contributed by atoms with van der Waals surface area (Å²) in [6.45, 7) is 4.73. The summed E-state index contributed by atoms with van der Waals surface area (Å²) in [6.07, 6.45) is 0. The highest BCUT2D eigenvalue weighted by Gasteiger charge is 2.23. The largest absolute Gasteiger partial charge is 0.465 e. The summed E-state index contributed by atoms with van der Waals surface area (Å²) in [5, 5.41) is 14.5. The average molecular weight is 493 g/mol. The summed E-state index contributed by atoms with van der Waals surface area (Å²) in [5.74, 6) is 0.175. The van der Waals surface area contributed by atoms with E-state index in [4.69, 9.17) is 4.74 Å². The van der Waals surface area contributed by atoms with E-state index < -0.39 is 5.97 Å². The van der Waals surface area contributed by atoms with Crippen molar-refractivity contribution >= 4 is 40.0 Å². The first-order chi connectivity index (χ1) is 16.5. The minimum Gasteiger partial charge on any atom is -0.465 e. The molecular weight excluding hydrogens is 468 g/mol. The third-order valence-corrected chi connectivity index (χ3v) is 7.02. The summed E-state index contributed by atoms with van der Waals surface area (Å²) in [4.78, 5) is 25.3. The van der Waals surface area contributed by atoms with Crippen LogP contribution in [0.3, 0.4) is 0 Å². The van der Waals surface area contributed by atoms with Crippen molar-refractivity contribution in [3.8, 4) is 22.5 Å². The van der Waals surface area contributed by atoms with Gasteiger partial charge in [0.15, 0.2) is 11.0 Å². The number of aryl methyl sites for hydroxylation is 1. The second-order valence-corrected chi connectivity index (χ2v) is 9.29. The Morgan fingerprint density at radius 2 is 1.85 bits per heavy atom. The van der Waals surface area contributed by atoms with Gasteiger partial charge in [-0.15, -0.1) is 21.5 Å². The maximum absolute atomic E-state index is 12.8. The fourth-order valence-corrected chi connectivity index (χ4v) is 5.33. The molecule has 0 bridgehead atoms. The molecule has 0 aliphatic heterocycles. The van der Waals surface area contributed by atoms with Crippen LogP contribution in [0.15, 0.2) is 65.1 Å². The first kappa shape index (κ1) is 23.7. The minimum atomic E-state index is -0.489. The molecule has 0 saturated carbocycles. The first-order valence-corrected chi connectivity index (χ1v) is 12.6. The molecule has 34 heavy (non-hydrogen) atoms. The van der Waals surface area contributed by atoms with Crippen LogP contribution in [0.2, 0.25) is 0 Å². The van der Waals surface area contributed by atoms with Crippen molar-refractivity contribution in [3.63, 3.8) is 0 Å². The van der Waals surface area contributed by atoms with Crippen molar-refractivity contribution in [3.05, 3.63) is 71.1 Å². The number of ether oxygens (including phenoxy) is 1. The standard InChI is InChI=1S/C25H24N4O3S2/c1-4-29-22(18-12-8-9-16(2)13-18)27-28-25(29)34-15-20(30)26-23-21(24(31)32-3)19(14-33-23)17-10-6-5-7-11-17/h5-14H,4,15H2,1-3H3,(H,26,30). The summed E-state index contributed by atoms with van der Waals surface area (Å²) < 4.78 is 6.97. The smallest absolute Gasteiger partial charge is 0.341 e. The molecule has 0 atom stereocenters. The Morgan fingerprint density at radius 1 is 1.09 bits per heavy atom. The lowest BCUT2D eigenvalue weighted by molar-refractivity contribution is -0.113. The van der Waals surface area contributed by atoms with E-state index in [9.17, 15) is 9.59 Å². The van der Waals surface area contributed by atoms with E-state index in [-0.39, 0.29) is 11.7 Å². The Morgan fingerprint density at radius 3 is 2.56 bits per heavy atom. The number of hydrogen-bond donors (Lipinski definition) is 1. The molecule has 2 aromatic heterocycles. The van der Waals surface area contributed by atoms with Crippen LogP contribution in [0.25, 0.3) is 22.5 Å². The molecule has 7 nitrogen and oxygen atoms in total. The van der Waals surface area contributed by atoms with E-state index in [0.717, 1.165) is 28.1 Å². The molecule has 2 heterocycles. The summed E-state index contributed by atoms with van der Waals surface area (Å²) >= 11 is 2.61. The van der Waals surface area contributed by atoms with E-state index in [0.29, 0.717) is 22.3 Å². The Kier molecular flexibility index (Phi) is 7.44. The number of nitrogens with one attached hydrogen (secondary N) is 1. The molecule has 4 aromatic rings. The van der Waals surface area contributed by atoms with Crippen molar-refractivity contribution in [1.29, 1.82) is 0 Å². The van der Waals surface area contributed by atoms with Crippen molar-refractivity contribution in [1.82, 2.24) is 14.8 Å². The molecule has 9 heteroatoms.